The molecule has 4 aromatic carbocycles. The summed E-state index contributed by atoms with van der Waals surface area (Å²) in [5, 5.41) is 2.94. The molecule has 0 fully saturated rings. The van der Waals surface area contributed by atoms with E-state index in [1.165, 1.54) is 4.90 Å². The molecular formula is C34H31N3O5. The normalized spacial score (nSPS) is 12.8. The third kappa shape index (κ3) is 6.07. The summed E-state index contributed by atoms with van der Waals surface area (Å²) in [7, 11) is 0. The number of hydrogen-bond acceptors (Lipinski definition) is 5. The van der Waals surface area contributed by atoms with Crippen LogP contribution in [-0.2, 0) is 14.3 Å². The summed E-state index contributed by atoms with van der Waals surface area (Å²) in [6.07, 6.45) is 0.0499. The molecule has 0 aromatic heterocycles. The maximum absolute atomic E-state index is 13.7. The van der Waals surface area contributed by atoms with E-state index in [9.17, 15) is 19.2 Å². The number of hydrogen-bond donors (Lipinski definition) is 1. The number of amides is 3. The smallest absolute Gasteiger partial charge is 0.326 e. The molecule has 0 spiro atoms. The molecule has 0 bridgehead atoms. The van der Waals surface area contributed by atoms with Crippen LogP contribution in [-0.4, -0.2) is 43.4 Å². The molecular weight excluding hydrogens is 530 g/mol. The monoisotopic (exact) mass is 561 g/mol. The molecule has 8 heteroatoms. The van der Waals surface area contributed by atoms with Crippen molar-refractivity contribution in [3.63, 3.8) is 0 Å². The molecule has 0 aliphatic carbocycles. The lowest BCUT2D eigenvalue weighted by molar-refractivity contribution is -0.142. The first-order valence-electron chi connectivity index (χ1n) is 13.8. The Bertz CT molecular complexity index is 1650. The highest BCUT2D eigenvalue weighted by molar-refractivity contribution is 6.12. The van der Waals surface area contributed by atoms with Gasteiger partial charge in [0, 0.05) is 29.8 Å². The summed E-state index contributed by atoms with van der Waals surface area (Å²) in [5.41, 5.74) is 5.38. The third-order valence-electron chi connectivity index (χ3n) is 7.04. The first kappa shape index (κ1) is 28.3. The van der Waals surface area contributed by atoms with Gasteiger partial charge in [0.1, 0.15) is 6.54 Å². The van der Waals surface area contributed by atoms with Gasteiger partial charge in [-0.3, -0.25) is 24.1 Å². The van der Waals surface area contributed by atoms with Gasteiger partial charge in [0.2, 0.25) is 5.91 Å². The molecule has 5 rings (SSSR count). The summed E-state index contributed by atoms with van der Waals surface area (Å²) < 4.78 is 5.05. The largest absolute Gasteiger partial charge is 0.465 e. The molecule has 3 amide bonds. The fourth-order valence-electron chi connectivity index (χ4n) is 5.03. The Balaban J connectivity index is 1.35. The van der Waals surface area contributed by atoms with Crippen LogP contribution >= 0.6 is 0 Å². The van der Waals surface area contributed by atoms with Gasteiger partial charge in [-0.25, -0.2) is 0 Å². The van der Waals surface area contributed by atoms with Crippen molar-refractivity contribution in [3.8, 4) is 11.1 Å². The van der Waals surface area contributed by atoms with E-state index in [1.54, 1.807) is 66.4 Å². The highest BCUT2D eigenvalue weighted by Gasteiger charge is 2.31. The second-order valence-corrected chi connectivity index (χ2v) is 9.93. The van der Waals surface area contributed by atoms with Crippen LogP contribution < -0.4 is 15.1 Å². The molecule has 1 heterocycles. The maximum atomic E-state index is 13.7. The minimum atomic E-state index is -0.514. The standard InChI is InChI=1S/C34H31N3O5/c1-3-42-32(39)22-37-30-14-7-6-13-29(30)36(20-19-31(37)38)34(41)24-15-17-26(18-16-24)35-33(40)28-12-5-4-11-27(28)25-10-8-9-23(2)21-25/h4-18,21H,3,19-20,22H2,1-2H3,(H,35,40). The predicted octanol–water partition coefficient (Wildman–Crippen LogP) is 5.86. The Morgan fingerprint density at radius 2 is 1.57 bits per heavy atom. The van der Waals surface area contributed by atoms with Crippen LogP contribution in [0.5, 0.6) is 0 Å². The molecule has 1 aliphatic rings. The van der Waals surface area contributed by atoms with Gasteiger partial charge in [0.05, 0.1) is 18.0 Å². The zero-order chi connectivity index (χ0) is 29.6. The predicted molar refractivity (Wildman–Crippen MR) is 163 cm³/mol. The summed E-state index contributed by atoms with van der Waals surface area (Å²) in [6, 6.07) is 29.1. The van der Waals surface area contributed by atoms with Crippen molar-refractivity contribution in [1.29, 1.82) is 0 Å². The molecule has 0 saturated heterocycles. The van der Waals surface area contributed by atoms with E-state index in [-0.39, 0.29) is 43.8 Å². The Labute approximate surface area is 244 Å². The molecule has 212 valence electrons. The van der Waals surface area contributed by atoms with E-state index in [0.29, 0.717) is 28.2 Å². The number of rotatable bonds is 7. The average Bonchev–Trinajstić information content (AvgIpc) is 3.13. The molecule has 4 aromatic rings. The SMILES string of the molecule is CCOC(=O)CN1C(=O)CCN(C(=O)c2ccc(NC(=O)c3ccccc3-c3cccc(C)c3)cc2)c2ccccc21. The highest BCUT2D eigenvalue weighted by atomic mass is 16.5. The van der Waals surface area contributed by atoms with E-state index in [4.69, 9.17) is 4.74 Å². The number of carbonyl (C=O) groups is 4. The average molecular weight is 562 g/mol. The Kier molecular flexibility index (Phi) is 8.43. The molecule has 0 radical (unpaired) electrons. The fraction of sp³-hybridized carbons (Fsp3) is 0.176. The summed E-state index contributed by atoms with van der Waals surface area (Å²) in [5.74, 6) is -1.34. The van der Waals surface area contributed by atoms with Crippen molar-refractivity contribution in [1.82, 2.24) is 0 Å². The summed E-state index contributed by atoms with van der Waals surface area (Å²) in [4.78, 5) is 55.0. The van der Waals surface area contributed by atoms with Crippen LogP contribution in [0.1, 0.15) is 39.6 Å². The van der Waals surface area contributed by atoms with Crippen LogP contribution in [0, 0.1) is 6.92 Å². The van der Waals surface area contributed by atoms with Crippen molar-refractivity contribution in [3.05, 3.63) is 114 Å². The number of nitrogens with one attached hydrogen (secondary N) is 1. The molecule has 0 atom stereocenters. The van der Waals surface area contributed by atoms with Gasteiger partial charge in [-0.2, -0.15) is 0 Å². The van der Waals surface area contributed by atoms with Gasteiger partial charge in [-0.1, -0.05) is 60.2 Å². The van der Waals surface area contributed by atoms with E-state index < -0.39 is 5.97 Å². The van der Waals surface area contributed by atoms with E-state index in [1.807, 2.05) is 49.4 Å². The maximum Gasteiger partial charge on any atom is 0.326 e. The quantitative estimate of drug-likeness (QED) is 0.285. The number of fused-ring (bicyclic) bond motifs is 1. The fourth-order valence-corrected chi connectivity index (χ4v) is 5.03. The van der Waals surface area contributed by atoms with Crippen molar-refractivity contribution in [2.75, 3.05) is 34.8 Å². The zero-order valence-electron chi connectivity index (χ0n) is 23.5. The lowest BCUT2D eigenvalue weighted by atomic mass is 9.98. The third-order valence-corrected chi connectivity index (χ3v) is 7.04. The van der Waals surface area contributed by atoms with Crippen LogP contribution in [0.3, 0.4) is 0 Å². The highest BCUT2D eigenvalue weighted by Crippen LogP contribution is 2.34. The number of nitrogens with zero attached hydrogens (tertiary/aromatic N) is 2. The number of benzene rings is 4. The minimum absolute atomic E-state index is 0.0499. The lowest BCUT2D eigenvalue weighted by Crippen LogP contribution is -2.36. The van der Waals surface area contributed by atoms with Gasteiger partial charge < -0.3 is 15.0 Å². The van der Waals surface area contributed by atoms with Gasteiger partial charge in [0.25, 0.3) is 11.8 Å². The Morgan fingerprint density at radius 1 is 0.857 bits per heavy atom. The van der Waals surface area contributed by atoms with Gasteiger partial charge in [-0.15, -0.1) is 0 Å². The summed E-state index contributed by atoms with van der Waals surface area (Å²) >= 11 is 0. The van der Waals surface area contributed by atoms with Crippen molar-refractivity contribution in [2.24, 2.45) is 0 Å². The first-order valence-corrected chi connectivity index (χ1v) is 13.8. The lowest BCUT2D eigenvalue weighted by Gasteiger charge is -2.25. The number of ether oxygens (including phenoxy) is 1. The second kappa shape index (κ2) is 12.5. The van der Waals surface area contributed by atoms with E-state index >= 15 is 0 Å². The topological polar surface area (TPSA) is 96.0 Å². The molecule has 8 nitrogen and oxygen atoms in total. The van der Waals surface area contributed by atoms with Gasteiger partial charge in [-0.05, 0) is 67.4 Å². The van der Waals surface area contributed by atoms with Crippen molar-refractivity contribution >= 4 is 40.8 Å². The van der Waals surface area contributed by atoms with Crippen LogP contribution in [0.2, 0.25) is 0 Å². The molecule has 42 heavy (non-hydrogen) atoms. The van der Waals surface area contributed by atoms with Crippen molar-refractivity contribution < 1.29 is 23.9 Å². The second-order valence-electron chi connectivity index (χ2n) is 9.93. The van der Waals surface area contributed by atoms with Crippen LogP contribution in [0.4, 0.5) is 17.1 Å². The number of aryl methyl sites for hydroxylation is 1. The summed E-state index contributed by atoms with van der Waals surface area (Å²) in [6.45, 7) is 3.85. The number of anilines is 3. The Morgan fingerprint density at radius 3 is 2.31 bits per heavy atom. The zero-order valence-corrected chi connectivity index (χ0v) is 23.5. The van der Waals surface area contributed by atoms with Gasteiger partial charge in [0.15, 0.2) is 0 Å². The van der Waals surface area contributed by atoms with E-state index in [0.717, 1.165) is 16.7 Å². The molecule has 1 aliphatic heterocycles. The number of para-hydroxylation sites is 2. The van der Waals surface area contributed by atoms with Crippen LogP contribution in [0.15, 0.2) is 97.1 Å². The van der Waals surface area contributed by atoms with Crippen molar-refractivity contribution in [2.45, 2.75) is 20.3 Å². The minimum Gasteiger partial charge on any atom is -0.465 e. The van der Waals surface area contributed by atoms with E-state index in [2.05, 4.69) is 5.32 Å². The van der Waals surface area contributed by atoms with Gasteiger partial charge >= 0.3 is 5.97 Å². The number of esters is 1. The Hall–Kier alpha value is -5.24. The molecule has 0 saturated carbocycles. The number of carbonyl (C=O) groups excluding carboxylic acids is 4. The molecule has 1 N–H and O–H groups in total. The first-order chi connectivity index (χ1) is 20.4. The molecule has 0 unspecified atom stereocenters. The van der Waals surface area contributed by atoms with Crippen LogP contribution in [0.25, 0.3) is 11.1 Å².